The average Bonchev–Trinajstić information content (AvgIpc) is 3.35. The Morgan fingerprint density at radius 1 is 1.04 bits per heavy atom. The van der Waals surface area contributed by atoms with Crippen LogP contribution >= 0.6 is 0 Å². The molecule has 2 aromatic heterocycles. The van der Waals surface area contributed by atoms with E-state index >= 15 is 0 Å². The van der Waals surface area contributed by atoms with Crippen LogP contribution in [0.4, 0.5) is 5.82 Å². The summed E-state index contributed by atoms with van der Waals surface area (Å²) in [5.74, 6) is 2.11. The molecular weight excluding hydrogens is 314 g/mol. The summed E-state index contributed by atoms with van der Waals surface area (Å²) in [4.78, 5) is 13.9. The molecule has 0 spiro atoms. The van der Waals surface area contributed by atoms with Crippen molar-refractivity contribution in [3.05, 3.63) is 35.6 Å². The fraction of sp³-hybridized carbons (Fsp3) is 0.632. The van der Waals surface area contributed by atoms with Gasteiger partial charge in [-0.3, -0.25) is 0 Å². The zero-order valence-corrected chi connectivity index (χ0v) is 15.2. The first-order valence-corrected chi connectivity index (χ1v) is 9.40. The first kappa shape index (κ1) is 16.5. The molecule has 25 heavy (non-hydrogen) atoms. The van der Waals surface area contributed by atoms with E-state index in [9.17, 15) is 0 Å². The Bertz CT molecular complexity index is 703. The number of likely N-dealkylation sites (tertiary alicyclic amines) is 1. The molecule has 1 saturated carbocycles. The first-order valence-electron chi connectivity index (χ1n) is 9.40. The summed E-state index contributed by atoms with van der Waals surface area (Å²) in [6, 6.07) is 5.46. The molecule has 3 heterocycles. The maximum Gasteiger partial charge on any atom is 0.138 e. The first-order chi connectivity index (χ1) is 12.2. The summed E-state index contributed by atoms with van der Waals surface area (Å²) >= 11 is 0. The normalized spacial score (nSPS) is 19.3. The smallest absolute Gasteiger partial charge is 0.138 e. The van der Waals surface area contributed by atoms with Gasteiger partial charge in [-0.05, 0) is 39.5 Å². The number of nitrogens with zero attached hydrogens (tertiary/aromatic N) is 5. The molecule has 1 aliphatic heterocycles. The molecule has 0 N–H and O–H groups in total. The van der Waals surface area contributed by atoms with Gasteiger partial charge in [0.2, 0.25) is 0 Å². The minimum absolute atomic E-state index is 0.602. The van der Waals surface area contributed by atoms with Crippen LogP contribution in [0.15, 0.2) is 23.0 Å². The molecule has 6 nitrogen and oxygen atoms in total. The number of hydrogen-bond acceptors (Lipinski definition) is 6. The lowest BCUT2D eigenvalue weighted by atomic mass is 10.0. The molecule has 0 aromatic carbocycles. The van der Waals surface area contributed by atoms with Crippen LogP contribution in [0.2, 0.25) is 0 Å². The Kier molecular flexibility index (Phi) is 4.70. The highest BCUT2D eigenvalue weighted by Crippen LogP contribution is 2.35. The average molecular weight is 341 g/mol. The van der Waals surface area contributed by atoms with E-state index < -0.39 is 0 Å². The summed E-state index contributed by atoms with van der Waals surface area (Å²) in [5, 5.41) is 3.97. The van der Waals surface area contributed by atoms with E-state index in [0.717, 1.165) is 49.0 Å². The quantitative estimate of drug-likeness (QED) is 0.805. The third-order valence-electron chi connectivity index (χ3n) is 5.30. The van der Waals surface area contributed by atoms with Crippen LogP contribution in [0, 0.1) is 13.8 Å². The number of hydrogen-bond donors (Lipinski definition) is 0. The number of piperidine rings is 1. The van der Waals surface area contributed by atoms with Gasteiger partial charge >= 0.3 is 0 Å². The summed E-state index contributed by atoms with van der Waals surface area (Å²) in [6.07, 6.45) is 7.66. The number of aryl methyl sites for hydroxylation is 2. The van der Waals surface area contributed by atoms with Crippen molar-refractivity contribution >= 4 is 5.82 Å². The molecule has 2 aromatic rings. The minimum Gasteiger partial charge on any atom is -0.361 e. The van der Waals surface area contributed by atoms with Crippen molar-refractivity contribution in [2.75, 3.05) is 24.5 Å². The SMILES string of the molecule is Cc1cc(N(C2CC2)C2CCN(CCc3cc(C)no3)CC2)ncn1. The largest absolute Gasteiger partial charge is 0.361 e. The van der Waals surface area contributed by atoms with E-state index in [1.807, 2.05) is 19.9 Å². The highest BCUT2D eigenvalue weighted by molar-refractivity contribution is 5.43. The standard InChI is InChI=1S/C19H27N5O/c1-14-12-19(21-13-20-14)24(16-3-4-16)17-5-8-23(9-6-17)10-7-18-11-15(2)22-25-18/h11-13,16-17H,3-10H2,1-2H3. The topological polar surface area (TPSA) is 58.3 Å². The van der Waals surface area contributed by atoms with Crippen molar-refractivity contribution < 1.29 is 4.52 Å². The summed E-state index contributed by atoms with van der Waals surface area (Å²) in [7, 11) is 0. The molecule has 134 valence electrons. The molecule has 0 amide bonds. The van der Waals surface area contributed by atoms with Crippen molar-refractivity contribution in [1.82, 2.24) is 20.0 Å². The van der Waals surface area contributed by atoms with Crippen molar-refractivity contribution in [3.63, 3.8) is 0 Å². The predicted molar refractivity (Wildman–Crippen MR) is 96.7 cm³/mol. The van der Waals surface area contributed by atoms with E-state index in [1.54, 1.807) is 6.33 Å². The Morgan fingerprint density at radius 3 is 2.44 bits per heavy atom. The molecule has 4 rings (SSSR count). The lowest BCUT2D eigenvalue weighted by molar-refractivity contribution is 0.204. The van der Waals surface area contributed by atoms with E-state index in [0.29, 0.717) is 12.1 Å². The molecule has 1 aliphatic carbocycles. The van der Waals surface area contributed by atoms with Crippen molar-refractivity contribution in [1.29, 1.82) is 0 Å². The van der Waals surface area contributed by atoms with Crippen LogP contribution in [-0.2, 0) is 6.42 Å². The monoisotopic (exact) mass is 341 g/mol. The molecule has 2 fully saturated rings. The van der Waals surface area contributed by atoms with Gasteiger partial charge in [-0.25, -0.2) is 9.97 Å². The molecule has 0 unspecified atom stereocenters. The number of rotatable bonds is 6. The van der Waals surface area contributed by atoms with Gasteiger partial charge in [0.15, 0.2) is 0 Å². The second kappa shape index (κ2) is 7.12. The zero-order chi connectivity index (χ0) is 17.2. The molecule has 1 saturated heterocycles. The Labute approximate surface area is 149 Å². The Hall–Kier alpha value is -1.95. The highest BCUT2D eigenvalue weighted by Gasteiger charge is 2.36. The third kappa shape index (κ3) is 4.00. The minimum atomic E-state index is 0.602. The van der Waals surface area contributed by atoms with Gasteiger partial charge in [-0.1, -0.05) is 5.16 Å². The molecule has 0 atom stereocenters. The van der Waals surface area contributed by atoms with Crippen molar-refractivity contribution in [2.45, 2.75) is 58.0 Å². The molecule has 6 heteroatoms. The molecule has 0 radical (unpaired) electrons. The summed E-state index contributed by atoms with van der Waals surface area (Å²) in [6.45, 7) is 7.36. The second-order valence-corrected chi connectivity index (χ2v) is 7.41. The molecule has 0 bridgehead atoms. The van der Waals surface area contributed by atoms with E-state index in [-0.39, 0.29) is 0 Å². The summed E-state index contributed by atoms with van der Waals surface area (Å²) in [5.41, 5.74) is 2.02. The molecule has 2 aliphatic rings. The van der Waals surface area contributed by atoms with Crippen molar-refractivity contribution in [3.8, 4) is 0 Å². The van der Waals surface area contributed by atoms with E-state index in [4.69, 9.17) is 4.52 Å². The number of aromatic nitrogens is 3. The molecular formula is C19H27N5O. The van der Waals surface area contributed by atoms with Crippen LogP contribution in [-0.4, -0.2) is 51.7 Å². The van der Waals surface area contributed by atoms with Crippen LogP contribution in [0.1, 0.15) is 42.8 Å². The second-order valence-electron chi connectivity index (χ2n) is 7.41. The highest BCUT2D eigenvalue weighted by atomic mass is 16.5. The Morgan fingerprint density at radius 2 is 1.80 bits per heavy atom. The zero-order valence-electron chi connectivity index (χ0n) is 15.2. The maximum atomic E-state index is 5.32. The van der Waals surface area contributed by atoms with Gasteiger partial charge in [0.25, 0.3) is 0 Å². The van der Waals surface area contributed by atoms with Gasteiger partial charge in [0.05, 0.1) is 5.69 Å². The Balaban J connectivity index is 1.33. The fourth-order valence-electron chi connectivity index (χ4n) is 3.83. The fourth-order valence-corrected chi connectivity index (χ4v) is 3.83. The van der Waals surface area contributed by atoms with Crippen molar-refractivity contribution in [2.24, 2.45) is 0 Å². The van der Waals surface area contributed by atoms with Gasteiger partial charge in [-0.2, -0.15) is 0 Å². The van der Waals surface area contributed by atoms with Gasteiger partial charge in [0.1, 0.15) is 17.9 Å². The number of anilines is 1. The van der Waals surface area contributed by atoms with Crippen LogP contribution < -0.4 is 4.90 Å². The predicted octanol–water partition coefficient (Wildman–Crippen LogP) is 2.76. The maximum absolute atomic E-state index is 5.32. The van der Waals surface area contributed by atoms with Crippen LogP contribution in [0.3, 0.4) is 0 Å². The third-order valence-corrected chi connectivity index (χ3v) is 5.30. The van der Waals surface area contributed by atoms with Gasteiger partial charge < -0.3 is 14.3 Å². The van der Waals surface area contributed by atoms with E-state index in [1.165, 1.54) is 25.7 Å². The van der Waals surface area contributed by atoms with Gasteiger partial charge in [0, 0.05) is 56.0 Å². The lowest BCUT2D eigenvalue weighted by Crippen LogP contribution is -2.46. The summed E-state index contributed by atoms with van der Waals surface area (Å²) < 4.78 is 5.32. The lowest BCUT2D eigenvalue weighted by Gasteiger charge is -2.39. The van der Waals surface area contributed by atoms with Crippen LogP contribution in [0.5, 0.6) is 0 Å². The van der Waals surface area contributed by atoms with E-state index in [2.05, 4.69) is 31.0 Å². The van der Waals surface area contributed by atoms with Gasteiger partial charge in [-0.15, -0.1) is 0 Å². The van der Waals surface area contributed by atoms with Crippen LogP contribution in [0.25, 0.3) is 0 Å².